The van der Waals surface area contributed by atoms with Gasteiger partial charge in [0.15, 0.2) is 0 Å². The van der Waals surface area contributed by atoms with Crippen molar-refractivity contribution in [2.45, 2.75) is 17.9 Å². The molecule has 168 valence electrons. The van der Waals surface area contributed by atoms with E-state index in [4.69, 9.17) is 0 Å². The molecule has 0 bridgehead atoms. The Hall–Kier alpha value is -3.68. The van der Waals surface area contributed by atoms with E-state index in [0.717, 1.165) is 17.3 Å². The maximum Gasteiger partial charge on any atom is 0.242 e. The van der Waals surface area contributed by atoms with Crippen LogP contribution in [0.2, 0.25) is 0 Å². The Morgan fingerprint density at radius 3 is 2.52 bits per heavy atom. The Balaban J connectivity index is 1.89. The number of alkyl halides is 2. The van der Waals surface area contributed by atoms with E-state index in [9.17, 15) is 22.5 Å². The van der Waals surface area contributed by atoms with Gasteiger partial charge in [-0.3, -0.25) is 9.55 Å². The van der Waals surface area contributed by atoms with E-state index in [2.05, 4.69) is 16.0 Å². The standard InChI is InChI=1S/C23H19F2N5O2S/c1-15-5-7-18-19(13-26)23(30(21(18)10-15)22-4-2-3-9-27-22)20-8-6-17(14-28-20)33(31,32)29-16(11-24)12-25/h2-10,14,16,29H,11-12H2,1H3. The number of halogens is 2. The fourth-order valence-corrected chi connectivity index (χ4v) is 4.69. The van der Waals surface area contributed by atoms with Crippen LogP contribution in [-0.4, -0.2) is 42.3 Å². The third-order valence-electron chi connectivity index (χ3n) is 5.10. The van der Waals surface area contributed by atoms with Crippen LogP contribution in [0.15, 0.2) is 65.8 Å². The molecule has 3 aromatic heterocycles. The summed E-state index contributed by atoms with van der Waals surface area (Å²) < 4.78 is 54.2. The molecule has 0 fully saturated rings. The van der Waals surface area contributed by atoms with Crippen LogP contribution in [0.25, 0.3) is 28.1 Å². The summed E-state index contributed by atoms with van der Waals surface area (Å²) in [5, 5.41) is 10.7. The predicted octanol–water partition coefficient (Wildman–Crippen LogP) is 3.85. The summed E-state index contributed by atoms with van der Waals surface area (Å²) in [6, 6.07) is 14.6. The lowest BCUT2D eigenvalue weighted by Gasteiger charge is -2.13. The van der Waals surface area contributed by atoms with Gasteiger partial charge in [-0.05, 0) is 42.8 Å². The molecule has 0 aliphatic carbocycles. The molecule has 0 aliphatic heterocycles. The maximum absolute atomic E-state index is 12.8. The lowest BCUT2D eigenvalue weighted by molar-refractivity contribution is 0.334. The monoisotopic (exact) mass is 467 g/mol. The van der Waals surface area contributed by atoms with Crippen molar-refractivity contribution in [3.8, 4) is 23.3 Å². The lowest BCUT2D eigenvalue weighted by Crippen LogP contribution is -2.37. The number of pyridine rings is 2. The van der Waals surface area contributed by atoms with Crippen molar-refractivity contribution in [3.05, 3.63) is 72.1 Å². The van der Waals surface area contributed by atoms with E-state index in [1.807, 2.05) is 35.9 Å². The average Bonchev–Trinajstić information content (AvgIpc) is 3.16. The zero-order valence-corrected chi connectivity index (χ0v) is 18.4. The van der Waals surface area contributed by atoms with Crippen LogP contribution in [0.1, 0.15) is 11.1 Å². The van der Waals surface area contributed by atoms with Gasteiger partial charge >= 0.3 is 0 Å². The fourth-order valence-electron chi connectivity index (χ4n) is 3.55. The summed E-state index contributed by atoms with van der Waals surface area (Å²) >= 11 is 0. The molecule has 1 N–H and O–H groups in total. The molecule has 0 amide bonds. The number of hydrogen-bond acceptors (Lipinski definition) is 5. The molecular weight excluding hydrogens is 448 g/mol. The number of sulfonamides is 1. The van der Waals surface area contributed by atoms with Crippen LogP contribution in [0.4, 0.5) is 8.78 Å². The van der Waals surface area contributed by atoms with Gasteiger partial charge in [-0.2, -0.15) is 5.26 Å². The Kier molecular flexibility index (Phi) is 6.18. The van der Waals surface area contributed by atoms with Crippen molar-refractivity contribution in [1.82, 2.24) is 19.3 Å². The van der Waals surface area contributed by atoms with Crippen LogP contribution >= 0.6 is 0 Å². The molecule has 0 saturated carbocycles. The Labute approximate surface area is 189 Å². The first-order chi connectivity index (χ1) is 15.9. The molecule has 0 aliphatic rings. The van der Waals surface area contributed by atoms with Crippen LogP contribution < -0.4 is 4.72 Å². The van der Waals surface area contributed by atoms with E-state index in [0.29, 0.717) is 28.2 Å². The molecule has 0 atom stereocenters. The third-order valence-corrected chi connectivity index (χ3v) is 6.60. The number of nitrogens with zero attached hydrogens (tertiary/aromatic N) is 4. The zero-order valence-electron chi connectivity index (χ0n) is 17.5. The van der Waals surface area contributed by atoms with Gasteiger partial charge in [0.1, 0.15) is 30.1 Å². The van der Waals surface area contributed by atoms with E-state index in [1.165, 1.54) is 12.1 Å². The first kappa shape index (κ1) is 22.5. The highest BCUT2D eigenvalue weighted by Gasteiger charge is 2.24. The predicted molar refractivity (Wildman–Crippen MR) is 120 cm³/mol. The normalized spacial score (nSPS) is 11.7. The summed E-state index contributed by atoms with van der Waals surface area (Å²) in [6.07, 6.45) is 2.73. The van der Waals surface area contributed by atoms with Crippen molar-refractivity contribution in [1.29, 1.82) is 5.26 Å². The number of hydrogen-bond donors (Lipinski definition) is 1. The molecule has 7 nitrogen and oxygen atoms in total. The molecule has 0 spiro atoms. The first-order valence-electron chi connectivity index (χ1n) is 9.97. The van der Waals surface area contributed by atoms with Crippen LogP contribution in [0.3, 0.4) is 0 Å². The molecule has 4 rings (SSSR count). The highest BCUT2D eigenvalue weighted by atomic mass is 32.2. The first-order valence-corrected chi connectivity index (χ1v) is 11.4. The maximum atomic E-state index is 12.8. The third kappa shape index (κ3) is 4.20. The van der Waals surface area contributed by atoms with Crippen molar-refractivity contribution >= 4 is 20.9 Å². The molecular formula is C23H19F2N5O2S. The second kappa shape index (κ2) is 9.05. The summed E-state index contributed by atoms with van der Waals surface area (Å²) in [7, 11) is -4.17. The molecule has 0 radical (unpaired) electrons. The fraction of sp³-hybridized carbons (Fsp3) is 0.174. The van der Waals surface area contributed by atoms with Gasteiger partial charge in [-0.15, -0.1) is 0 Å². The highest BCUT2D eigenvalue weighted by Crippen LogP contribution is 2.35. The van der Waals surface area contributed by atoms with Gasteiger partial charge in [-0.25, -0.2) is 26.9 Å². The van der Waals surface area contributed by atoms with Crippen molar-refractivity contribution in [2.75, 3.05) is 13.3 Å². The Bertz CT molecular complexity index is 1440. The molecule has 0 saturated heterocycles. The quantitative estimate of drug-likeness (QED) is 0.445. The van der Waals surface area contributed by atoms with Gasteiger partial charge in [-0.1, -0.05) is 18.2 Å². The van der Waals surface area contributed by atoms with E-state index < -0.39 is 29.4 Å². The Morgan fingerprint density at radius 1 is 1.12 bits per heavy atom. The van der Waals surface area contributed by atoms with Crippen LogP contribution in [-0.2, 0) is 10.0 Å². The molecule has 1 aromatic carbocycles. The number of rotatable bonds is 7. The Morgan fingerprint density at radius 2 is 1.91 bits per heavy atom. The van der Waals surface area contributed by atoms with E-state index in [1.54, 1.807) is 22.9 Å². The SMILES string of the molecule is Cc1ccc2c(C#N)c(-c3ccc(S(=O)(=O)NC(CF)CF)cn3)n(-c3ccccn3)c2c1. The van der Waals surface area contributed by atoms with Crippen molar-refractivity contribution in [3.63, 3.8) is 0 Å². The molecule has 0 unspecified atom stereocenters. The number of fused-ring (bicyclic) bond motifs is 1. The topological polar surface area (TPSA) is 101 Å². The van der Waals surface area contributed by atoms with Gasteiger partial charge in [0, 0.05) is 17.8 Å². The minimum absolute atomic E-state index is 0.243. The van der Waals surface area contributed by atoms with E-state index in [-0.39, 0.29) is 4.90 Å². The van der Waals surface area contributed by atoms with E-state index >= 15 is 0 Å². The average molecular weight is 468 g/mol. The summed E-state index contributed by atoms with van der Waals surface area (Å²) in [4.78, 5) is 8.46. The van der Waals surface area contributed by atoms with Gasteiger partial charge in [0.25, 0.3) is 0 Å². The number of aromatic nitrogens is 3. The highest BCUT2D eigenvalue weighted by molar-refractivity contribution is 7.89. The van der Waals surface area contributed by atoms with Gasteiger partial charge in [0.05, 0.1) is 28.5 Å². The van der Waals surface area contributed by atoms with Gasteiger partial charge < -0.3 is 0 Å². The number of nitrogens with one attached hydrogen (secondary N) is 1. The largest absolute Gasteiger partial charge is 0.291 e. The number of nitriles is 1. The molecule has 4 aromatic rings. The summed E-state index contributed by atoms with van der Waals surface area (Å²) in [5.74, 6) is 0.568. The molecule has 3 heterocycles. The molecule has 10 heteroatoms. The number of aryl methyl sites for hydroxylation is 1. The minimum Gasteiger partial charge on any atom is -0.291 e. The molecule has 33 heavy (non-hydrogen) atoms. The minimum atomic E-state index is -4.17. The van der Waals surface area contributed by atoms with Gasteiger partial charge in [0.2, 0.25) is 10.0 Å². The van der Waals surface area contributed by atoms with Crippen molar-refractivity contribution < 1.29 is 17.2 Å². The second-order valence-electron chi connectivity index (χ2n) is 7.39. The summed E-state index contributed by atoms with van der Waals surface area (Å²) in [5.41, 5.74) is 2.92. The van der Waals surface area contributed by atoms with Crippen LogP contribution in [0.5, 0.6) is 0 Å². The second-order valence-corrected chi connectivity index (χ2v) is 9.10. The van der Waals surface area contributed by atoms with Crippen molar-refractivity contribution in [2.24, 2.45) is 0 Å². The summed E-state index contributed by atoms with van der Waals surface area (Å²) in [6.45, 7) is -0.402. The zero-order chi connectivity index (χ0) is 23.6. The van der Waals surface area contributed by atoms with Crippen LogP contribution in [0, 0.1) is 18.3 Å². The number of benzene rings is 1. The smallest absolute Gasteiger partial charge is 0.242 e. The lowest BCUT2D eigenvalue weighted by atomic mass is 10.1.